The number of nitrogens with zero attached hydrogens (tertiary/aromatic N) is 4. The van der Waals surface area contributed by atoms with Crippen molar-refractivity contribution < 1.29 is 0 Å². The molecule has 0 unspecified atom stereocenters. The highest BCUT2D eigenvalue weighted by Crippen LogP contribution is 1.98. The van der Waals surface area contributed by atoms with E-state index in [0.29, 0.717) is 0 Å². The molecule has 4 aromatic heterocycles. The number of fused-ring (bicyclic) bond motifs is 2. The van der Waals surface area contributed by atoms with Gasteiger partial charge in [0, 0.05) is 31.0 Å². The molecule has 0 fully saturated rings. The van der Waals surface area contributed by atoms with E-state index in [0.717, 1.165) is 11.2 Å². The van der Waals surface area contributed by atoms with Crippen molar-refractivity contribution in [1.82, 2.24) is 19.0 Å². The molecule has 0 amide bonds. The van der Waals surface area contributed by atoms with Crippen molar-refractivity contribution in [2.45, 2.75) is 0 Å². The number of imidazole rings is 1. The Morgan fingerprint density at radius 2 is 1.67 bits per heavy atom. The predicted octanol–water partition coefficient (Wildman–Crippen LogP) is 2.67. The van der Waals surface area contributed by atoms with E-state index in [2.05, 4.69) is 10.1 Å². The number of hydrogen-bond acceptors (Lipinski definition) is 2. The minimum Gasteiger partial charge on any atom is -0.307 e. The maximum absolute atomic E-state index is 4.08. The van der Waals surface area contributed by atoms with Gasteiger partial charge in [-0.3, -0.25) is 0 Å². The Morgan fingerprint density at radius 3 is 2.56 bits per heavy atom. The van der Waals surface area contributed by atoms with E-state index in [4.69, 9.17) is 0 Å². The summed E-state index contributed by atoms with van der Waals surface area (Å²) in [5.41, 5.74) is 2.13. The van der Waals surface area contributed by atoms with Crippen LogP contribution in [-0.4, -0.2) is 19.0 Å². The second-order valence-corrected chi connectivity index (χ2v) is 3.79. The summed E-state index contributed by atoms with van der Waals surface area (Å²) in [6, 6.07) is 13.9. The van der Waals surface area contributed by atoms with Crippen LogP contribution < -0.4 is 0 Å². The molecule has 0 aliphatic rings. The Hall–Kier alpha value is -2.62. The van der Waals surface area contributed by atoms with Crippen LogP contribution >= 0.6 is 0 Å². The van der Waals surface area contributed by atoms with Gasteiger partial charge in [0.25, 0.3) is 0 Å². The molecule has 0 saturated heterocycles. The molecule has 18 heavy (non-hydrogen) atoms. The predicted molar refractivity (Wildman–Crippen MR) is 70.4 cm³/mol. The van der Waals surface area contributed by atoms with Gasteiger partial charge in [0.15, 0.2) is 0 Å². The molecular formula is C14H12N4. The fraction of sp³-hybridized carbons (Fsp3) is 0. The molecule has 4 aromatic rings. The summed E-state index contributed by atoms with van der Waals surface area (Å²) in [4.78, 5) is 4.08. The van der Waals surface area contributed by atoms with E-state index in [9.17, 15) is 0 Å². The molecule has 88 valence electrons. The lowest BCUT2D eigenvalue weighted by atomic mass is 10.4. The van der Waals surface area contributed by atoms with Gasteiger partial charge >= 0.3 is 0 Å². The van der Waals surface area contributed by atoms with Gasteiger partial charge in [-0.2, -0.15) is 5.10 Å². The molecule has 4 heteroatoms. The van der Waals surface area contributed by atoms with Crippen LogP contribution in [0.4, 0.5) is 0 Å². The molecule has 4 rings (SSSR count). The van der Waals surface area contributed by atoms with Crippen molar-refractivity contribution in [3.63, 3.8) is 0 Å². The number of aromatic nitrogens is 4. The third-order valence-electron chi connectivity index (χ3n) is 2.61. The molecule has 0 atom stereocenters. The fourth-order valence-electron chi connectivity index (χ4n) is 1.73. The first kappa shape index (κ1) is 10.5. The molecular weight excluding hydrogens is 224 g/mol. The van der Waals surface area contributed by atoms with E-state index >= 15 is 0 Å². The van der Waals surface area contributed by atoms with Crippen molar-refractivity contribution in [2.24, 2.45) is 0 Å². The van der Waals surface area contributed by atoms with Gasteiger partial charge in [0.05, 0.1) is 5.52 Å². The summed E-state index contributed by atoms with van der Waals surface area (Å²) in [7, 11) is 0. The zero-order chi connectivity index (χ0) is 12.2. The molecule has 4 nitrogen and oxygen atoms in total. The van der Waals surface area contributed by atoms with E-state index in [-0.39, 0.29) is 0 Å². The Kier molecular flexibility index (Phi) is 2.75. The second-order valence-electron chi connectivity index (χ2n) is 3.79. The summed E-state index contributed by atoms with van der Waals surface area (Å²) < 4.78 is 3.81. The van der Waals surface area contributed by atoms with Crippen molar-refractivity contribution >= 4 is 11.2 Å². The van der Waals surface area contributed by atoms with Crippen molar-refractivity contribution in [1.29, 1.82) is 0 Å². The molecule has 0 saturated carbocycles. The minimum atomic E-state index is 0.998. The first-order valence-corrected chi connectivity index (χ1v) is 5.69. The maximum atomic E-state index is 4.08. The van der Waals surface area contributed by atoms with Crippen LogP contribution in [-0.2, 0) is 0 Å². The molecule has 0 aliphatic carbocycles. The molecule has 4 heterocycles. The number of pyridine rings is 2. The van der Waals surface area contributed by atoms with Gasteiger partial charge in [0.1, 0.15) is 5.65 Å². The highest BCUT2D eigenvalue weighted by molar-refractivity contribution is 5.44. The minimum absolute atomic E-state index is 0.998. The average Bonchev–Trinajstić information content (AvgIpc) is 3.08. The normalized spacial score (nSPS) is 10.2. The van der Waals surface area contributed by atoms with Crippen LogP contribution in [0.25, 0.3) is 11.2 Å². The first-order valence-electron chi connectivity index (χ1n) is 5.69. The van der Waals surface area contributed by atoms with Crippen LogP contribution in [0.1, 0.15) is 0 Å². The highest BCUT2D eigenvalue weighted by Gasteiger charge is 1.86. The van der Waals surface area contributed by atoms with E-state index < -0.39 is 0 Å². The van der Waals surface area contributed by atoms with Crippen LogP contribution in [0.15, 0.2) is 73.4 Å². The highest BCUT2D eigenvalue weighted by atomic mass is 15.2. The van der Waals surface area contributed by atoms with Gasteiger partial charge in [0.2, 0.25) is 0 Å². The molecule has 0 aliphatic heterocycles. The summed E-state index contributed by atoms with van der Waals surface area (Å²) >= 11 is 0. The Balaban J connectivity index is 0.000000111. The SMILES string of the molecule is c1ccn2ccnc2c1.c1ccn2nccc2c1. The summed E-state index contributed by atoms with van der Waals surface area (Å²) in [5.74, 6) is 0. The summed E-state index contributed by atoms with van der Waals surface area (Å²) in [6.07, 6.45) is 9.40. The van der Waals surface area contributed by atoms with Crippen LogP contribution in [0.3, 0.4) is 0 Å². The Bertz CT molecular complexity index is 628. The average molecular weight is 236 g/mol. The fourth-order valence-corrected chi connectivity index (χ4v) is 1.73. The van der Waals surface area contributed by atoms with Crippen LogP contribution in [0.5, 0.6) is 0 Å². The zero-order valence-electron chi connectivity index (χ0n) is 9.72. The lowest BCUT2D eigenvalue weighted by Crippen LogP contribution is -1.81. The van der Waals surface area contributed by atoms with Crippen molar-refractivity contribution in [3.05, 3.63) is 73.4 Å². The number of hydrogen-bond donors (Lipinski definition) is 0. The van der Waals surface area contributed by atoms with Gasteiger partial charge < -0.3 is 4.40 Å². The van der Waals surface area contributed by atoms with Gasteiger partial charge in [-0.05, 0) is 30.3 Å². The van der Waals surface area contributed by atoms with Gasteiger partial charge in [-0.25, -0.2) is 9.50 Å². The second kappa shape index (κ2) is 4.71. The summed E-state index contributed by atoms with van der Waals surface area (Å²) in [6.45, 7) is 0. The van der Waals surface area contributed by atoms with Gasteiger partial charge in [-0.1, -0.05) is 12.1 Å². The Labute approximate surface area is 104 Å². The van der Waals surface area contributed by atoms with Crippen LogP contribution in [0, 0.1) is 0 Å². The number of rotatable bonds is 0. The molecule has 0 aromatic carbocycles. The lowest BCUT2D eigenvalue weighted by molar-refractivity contribution is 0.961. The van der Waals surface area contributed by atoms with E-state index in [1.165, 1.54) is 0 Å². The molecule has 0 N–H and O–H groups in total. The molecule has 0 bridgehead atoms. The van der Waals surface area contributed by atoms with E-state index in [1.54, 1.807) is 12.4 Å². The maximum Gasteiger partial charge on any atom is 0.136 e. The third kappa shape index (κ3) is 2.08. The topological polar surface area (TPSA) is 34.6 Å². The monoisotopic (exact) mass is 236 g/mol. The summed E-state index contributed by atoms with van der Waals surface area (Å²) in [5, 5.41) is 4.04. The first-order chi connectivity index (χ1) is 8.93. The largest absolute Gasteiger partial charge is 0.307 e. The Morgan fingerprint density at radius 1 is 0.778 bits per heavy atom. The lowest BCUT2D eigenvalue weighted by Gasteiger charge is -1.86. The van der Waals surface area contributed by atoms with Crippen molar-refractivity contribution in [2.75, 3.05) is 0 Å². The quantitative estimate of drug-likeness (QED) is 0.470. The third-order valence-corrected chi connectivity index (χ3v) is 2.61. The molecule has 0 radical (unpaired) electrons. The molecule has 0 spiro atoms. The standard InChI is InChI=1S/2C7H6N2/c1-2-6-9-7(3-1)4-5-8-9;1-2-5-9-6-4-8-7(9)3-1/h2*1-6H. The van der Waals surface area contributed by atoms with Crippen LogP contribution in [0.2, 0.25) is 0 Å². The van der Waals surface area contributed by atoms with E-state index in [1.807, 2.05) is 70.0 Å². The van der Waals surface area contributed by atoms with Gasteiger partial charge in [-0.15, -0.1) is 0 Å². The smallest absolute Gasteiger partial charge is 0.136 e. The zero-order valence-corrected chi connectivity index (χ0v) is 9.72. The van der Waals surface area contributed by atoms with Crippen molar-refractivity contribution in [3.8, 4) is 0 Å².